The summed E-state index contributed by atoms with van der Waals surface area (Å²) >= 11 is 0. The molecule has 0 amide bonds. The number of rotatable bonds is 11. The van der Waals surface area contributed by atoms with Crippen molar-refractivity contribution in [1.82, 2.24) is 5.32 Å². The monoisotopic (exact) mass is 247 g/mol. The molecule has 0 heterocycles. The first-order valence-electron chi connectivity index (χ1n) is 6.76. The van der Waals surface area contributed by atoms with Gasteiger partial charge in [-0.15, -0.1) is 0 Å². The molecule has 0 aliphatic carbocycles. The zero-order chi connectivity index (χ0) is 13.1. The Bertz CT molecular complexity index is 172. The highest BCUT2D eigenvalue weighted by molar-refractivity contribution is 4.78. The summed E-state index contributed by atoms with van der Waals surface area (Å²) in [7, 11) is 0. The van der Waals surface area contributed by atoms with Crippen molar-refractivity contribution in [2.75, 3.05) is 26.3 Å². The van der Waals surface area contributed by atoms with Gasteiger partial charge in [-0.2, -0.15) is 0 Å². The van der Waals surface area contributed by atoms with Crippen LogP contribution in [0.25, 0.3) is 0 Å². The largest absolute Gasteiger partial charge is 0.389 e. The van der Waals surface area contributed by atoms with Crippen molar-refractivity contribution in [3.63, 3.8) is 0 Å². The molecule has 0 saturated carbocycles. The van der Waals surface area contributed by atoms with Crippen molar-refractivity contribution >= 4 is 0 Å². The summed E-state index contributed by atoms with van der Waals surface area (Å²) in [5, 5.41) is 22.7. The van der Waals surface area contributed by atoms with Crippen molar-refractivity contribution in [2.45, 2.75) is 58.2 Å². The summed E-state index contributed by atoms with van der Waals surface area (Å²) in [6, 6.07) is 0. The van der Waals surface area contributed by atoms with Crippen LogP contribution in [0.15, 0.2) is 0 Å². The Labute approximate surface area is 105 Å². The smallest absolute Gasteiger partial charge is 0.0897 e. The van der Waals surface area contributed by atoms with Crippen LogP contribution in [0.4, 0.5) is 0 Å². The van der Waals surface area contributed by atoms with Crippen molar-refractivity contribution in [3.05, 3.63) is 0 Å². The third kappa shape index (κ3) is 8.55. The van der Waals surface area contributed by atoms with Crippen molar-refractivity contribution < 1.29 is 14.9 Å². The quantitative estimate of drug-likeness (QED) is 0.482. The van der Waals surface area contributed by atoms with Crippen LogP contribution in [0.1, 0.15) is 46.5 Å². The highest BCUT2D eigenvalue weighted by Crippen LogP contribution is 2.12. The first-order chi connectivity index (χ1) is 8.08. The van der Waals surface area contributed by atoms with E-state index in [1.807, 2.05) is 13.8 Å². The van der Waals surface area contributed by atoms with E-state index in [0.29, 0.717) is 26.3 Å². The van der Waals surface area contributed by atoms with Crippen molar-refractivity contribution in [2.24, 2.45) is 0 Å². The second-order valence-corrected chi connectivity index (χ2v) is 4.64. The van der Waals surface area contributed by atoms with Crippen LogP contribution in [0.5, 0.6) is 0 Å². The standard InChI is InChI=1S/C13H29NO3/c1-4-7-8-17-10-12(15)9-14-11-13(16,5-2)6-3/h12,14-16H,4-11H2,1-3H3. The molecule has 0 radical (unpaired) electrons. The SMILES string of the molecule is CCCCOCC(O)CNCC(O)(CC)CC. The summed E-state index contributed by atoms with van der Waals surface area (Å²) < 4.78 is 5.32. The minimum atomic E-state index is -0.650. The molecule has 0 aliphatic heterocycles. The third-order valence-corrected chi connectivity index (χ3v) is 3.10. The Balaban J connectivity index is 3.53. The molecule has 0 aromatic carbocycles. The van der Waals surface area contributed by atoms with Gasteiger partial charge < -0.3 is 20.3 Å². The molecule has 104 valence electrons. The van der Waals surface area contributed by atoms with E-state index in [4.69, 9.17) is 4.74 Å². The first kappa shape index (κ1) is 16.8. The predicted octanol–water partition coefficient (Wildman–Crippen LogP) is 1.30. The first-order valence-corrected chi connectivity index (χ1v) is 6.76. The number of nitrogens with one attached hydrogen (secondary N) is 1. The number of hydrogen-bond acceptors (Lipinski definition) is 4. The van der Waals surface area contributed by atoms with Crippen molar-refractivity contribution in [1.29, 1.82) is 0 Å². The van der Waals surface area contributed by atoms with Crippen LogP contribution in [0.3, 0.4) is 0 Å². The van der Waals surface area contributed by atoms with Gasteiger partial charge in [0.2, 0.25) is 0 Å². The Morgan fingerprint density at radius 2 is 1.88 bits per heavy atom. The number of aliphatic hydroxyl groups is 2. The Kier molecular flexibility index (Phi) is 9.74. The van der Waals surface area contributed by atoms with Crippen LogP contribution in [-0.4, -0.2) is 48.2 Å². The van der Waals surface area contributed by atoms with E-state index in [2.05, 4.69) is 12.2 Å². The zero-order valence-corrected chi connectivity index (χ0v) is 11.5. The van der Waals surface area contributed by atoms with E-state index in [0.717, 1.165) is 25.7 Å². The average molecular weight is 247 g/mol. The minimum Gasteiger partial charge on any atom is -0.389 e. The van der Waals surface area contributed by atoms with Gasteiger partial charge in [0.25, 0.3) is 0 Å². The van der Waals surface area contributed by atoms with Gasteiger partial charge in [-0.25, -0.2) is 0 Å². The van der Waals surface area contributed by atoms with Gasteiger partial charge in [0, 0.05) is 19.7 Å². The van der Waals surface area contributed by atoms with Crippen LogP contribution in [0, 0.1) is 0 Å². The fourth-order valence-electron chi connectivity index (χ4n) is 1.50. The lowest BCUT2D eigenvalue weighted by Crippen LogP contribution is -2.42. The molecule has 4 nitrogen and oxygen atoms in total. The van der Waals surface area contributed by atoms with E-state index in [1.54, 1.807) is 0 Å². The Morgan fingerprint density at radius 3 is 2.41 bits per heavy atom. The van der Waals surface area contributed by atoms with Gasteiger partial charge in [0.1, 0.15) is 0 Å². The Hall–Kier alpha value is -0.160. The van der Waals surface area contributed by atoms with Crippen LogP contribution >= 0.6 is 0 Å². The van der Waals surface area contributed by atoms with E-state index < -0.39 is 11.7 Å². The summed E-state index contributed by atoms with van der Waals surface area (Å²) in [4.78, 5) is 0. The maximum Gasteiger partial charge on any atom is 0.0897 e. The maximum absolute atomic E-state index is 10.0. The van der Waals surface area contributed by atoms with Crippen LogP contribution in [-0.2, 0) is 4.74 Å². The number of aliphatic hydroxyl groups excluding tert-OH is 1. The van der Waals surface area contributed by atoms with E-state index in [-0.39, 0.29) is 0 Å². The van der Waals surface area contributed by atoms with E-state index >= 15 is 0 Å². The second kappa shape index (κ2) is 9.83. The second-order valence-electron chi connectivity index (χ2n) is 4.64. The molecule has 0 saturated heterocycles. The number of ether oxygens (including phenoxy) is 1. The minimum absolute atomic E-state index is 0.365. The molecular weight excluding hydrogens is 218 g/mol. The van der Waals surface area contributed by atoms with Gasteiger partial charge in [-0.05, 0) is 19.3 Å². The molecule has 0 aliphatic rings. The fourth-order valence-corrected chi connectivity index (χ4v) is 1.50. The number of unbranched alkanes of at least 4 members (excludes halogenated alkanes) is 1. The summed E-state index contributed by atoms with van der Waals surface area (Å²) in [6.45, 7) is 8.11. The van der Waals surface area contributed by atoms with Crippen LogP contribution in [0.2, 0.25) is 0 Å². The summed E-state index contributed by atoms with van der Waals surface area (Å²) in [5.41, 5.74) is -0.650. The molecule has 17 heavy (non-hydrogen) atoms. The summed E-state index contributed by atoms with van der Waals surface area (Å²) in [6.07, 6.45) is 3.09. The third-order valence-electron chi connectivity index (χ3n) is 3.10. The Morgan fingerprint density at radius 1 is 1.24 bits per heavy atom. The van der Waals surface area contributed by atoms with Gasteiger partial charge in [0.05, 0.1) is 18.3 Å². The van der Waals surface area contributed by atoms with Gasteiger partial charge >= 0.3 is 0 Å². The summed E-state index contributed by atoms with van der Waals surface area (Å²) in [5.74, 6) is 0. The molecule has 0 fully saturated rings. The molecular formula is C13H29NO3. The lowest BCUT2D eigenvalue weighted by molar-refractivity contribution is 0.0160. The van der Waals surface area contributed by atoms with Gasteiger partial charge in [-0.1, -0.05) is 27.2 Å². The molecule has 1 unspecified atom stereocenters. The number of hydrogen-bond donors (Lipinski definition) is 3. The highest BCUT2D eigenvalue weighted by atomic mass is 16.5. The lowest BCUT2D eigenvalue weighted by Gasteiger charge is -2.26. The van der Waals surface area contributed by atoms with Gasteiger partial charge in [0.15, 0.2) is 0 Å². The topological polar surface area (TPSA) is 61.7 Å². The van der Waals surface area contributed by atoms with E-state index in [9.17, 15) is 10.2 Å². The molecule has 0 spiro atoms. The fraction of sp³-hybridized carbons (Fsp3) is 1.00. The van der Waals surface area contributed by atoms with Crippen molar-refractivity contribution in [3.8, 4) is 0 Å². The zero-order valence-electron chi connectivity index (χ0n) is 11.5. The molecule has 1 atom stereocenters. The molecule has 0 aromatic rings. The molecule has 0 bridgehead atoms. The average Bonchev–Trinajstić information content (AvgIpc) is 2.34. The highest BCUT2D eigenvalue weighted by Gasteiger charge is 2.21. The van der Waals surface area contributed by atoms with Crippen LogP contribution < -0.4 is 5.32 Å². The maximum atomic E-state index is 10.0. The van der Waals surface area contributed by atoms with Gasteiger partial charge in [-0.3, -0.25) is 0 Å². The van der Waals surface area contributed by atoms with E-state index in [1.165, 1.54) is 0 Å². The molecule has 0 rings (SSSR count). The lowest BCUT2D eigenvalue weighted by atomic mass is 9.97. The molecule has 3 N–H and O–H groups in total. The molecule has 0 aromatic heterocycles. The predicted molar refractivity (Wildman–Crippen MR) is 70.1 cm³/mol. The molecule has 4 heteroatoms. The normalized spacial score (nSPS) is 13.9.